The second-order valence-electron chi connectivity index (χ2n) is 3.92. The van der Waals surface area contributed by atoms with Crippen molar-refractivity contribution in [3.63, 3.8) is 0 Å². The summed E-state index contributed by atoms with van der Waals surface area (Å²) in [4.78, 5) is 4.02. The van der Waals surface area contributed by atoms with E-state index in [1.165, 1.54) is 6.33 Å². The van der Waals surface area contributed by atoms with Crippen molar-refractivity contribution in [1.29, 1.82) is 0 Å². The molecule has 1 aromatic rings. The fourth-order valence-corrected chi connectivity index (χ4v) is 1.64. The van der Waals surface area contributed by atoms with E-state index in [0.717, 1.165) is 31.8 Å². The monoisotopic (exact) mass is 196 g/mol. The van der Waals surface area contributed by atoms with Crippen molar-refractivity contribution in [3.05, 3.63) is 12.2 Å². The Morgan fingerprint density at radius 3 is 2.93 bits per heavy atom. The molecule has 0 bridgehead atoms. The number of piperidine rings is 1. The second kappa shape index (κ2) is 4.06. The molecule has 5 nitrogen and oxygen atoms in total. The number of ether oxygens (including phenoxy) is 1. The van der Waals surface area contributed by atoms with E-state index in [2.05, 4.69) is 27.4 Å². The van der Waals surface area contributed by atoms with Gasteiger partial charge in [-0.15, -0.1) is 0 Å². The number of rotatable bonds is 3. The maximum absolute atomic E-state index is 5.84. The van der Waals surface area contributed by atoms with Crippen molar-refractivity contribution in [3.8, 4) is 0 Å². The summed E-state index contributed by atoms with van der Waals surface area (Å²) < 4.78 is 5.84. The number of nitrogens with one attached hydrogen (secondary N) is 2. The van der Waals surface area contributed by atoms with Gasteiger partial charge in [0.05, 0.1) is 5.60 Å². The summed E-state index contributed by atoms with van der Waals surface area (Å²) in [7, 11) is 0. The van der Waals surface area contributed by atoms with Crippen molar-refractivity contribution < 1.29 is 4.74 Å². The molecule has 1 fully saturated rings. The Hall–Kier alpha value is -0.940. The lowest BCUT2D eigenvalue weighted by molar-refractivity contribution is -0.0644. The van der Waals surface area contributed by atoms with E-state index in [1.54, 1.807) is 0 Å². The highest BCUT2D eigenvalue weighted by molar-refractivity contribution is 4.84. The first-order valence-electron chi connectivity index (χ1n) is 4.97. The average Bonchev–Trinajstić information content (AvgIpc) is 2.69. The lowest BCUT2D eigenvalue weighted by Crippen LogP contribution is -2.41. The Kier molecular flexibility index (Phi) is 2.79. The first-order valence-corrected chi connectivity index (χ1v) is 4.97. The third-order valence-corrected chi connectivity index (χ3v) is 2.68. The van der Waals surface area contributed by atoms with Crippen LogP contribution in [0, 0.1) is 0 Å². The Morgan fingerprint density at radius 1 is 1.50 bits per heavy atom. The highest BCUT2D eigenvalue weighted by Gasteiger charge is 2.27. The normalized spacial score (nSPS) is 20.9. The number of hydrogen-bond acceptors (Lipinski definition) is 4. The predicted molar refractivity (Wildman–Crippen MR) is 51.7 cm³/mol. The number of H-pyrrole nitrogens is 1. The summed E-state index contributed by atoms with van der Waals surface area (Å²) in [6, 6.07) is 0. The van der Waals surface area contributed by atoms with Crippen LogP contribution >= 0.6 is 0 Å². The maximum atomic E-state index is 5.84. The molecule has 0 atom stereocenters. The summed E-state index contributed by atoms with van der Waals surface area (Å²) in [6.45, 7) is 4.75. The van der Waals surface area contributed by atoms with Crippen molar-refractivity contribution >= 4 is 0 Å². The van der Waals surface area contributed by atoms with Gasteiger partial charge < -0.3 is 10.1 Å². The third-order valence-electron chi connectivity index (χ3n) is 2.68. The molecule has 1 aromatic heterocycles. The highest BCUT2D eigenvalue weighted by atomic mass is 16.5. The Balaban J connectivity index is 1.84. The third kappa shape index (κ3) is 2.30. The van der Waals surface area contributed by atoms with E-state index >= 15 is 0 Å². The van der Waals surface area contributed by atoms with Crippen LogP contribution in [0.5, 0.6) is 0 Å². The molecular formula is C9H16N4O. The molecule has 2 rings (SSSR count). The molecule has 2 heterocycles. The fourth-order valence-electron chi connectivity index (χ4n) is 1.64. The van der Waals surface area contributed by atoms with Gasteiger partial charge in [0.15, 0.2) is 0 Å². The molecule has 0 aromatic carbocycles. The summed E-state index contributed by atoms with van der Waals surface area (Å²) in [5, 5.41) is 9.89. The van der Waals surface area contributed by atoms with Crippen LogP contribution in [0.1, 0.15) is 25.6 Å². The van der Waals surface area contributed by atoms with Crippen LogP contribution in [-0.2, 0) is 11.3 Å². The van der Waals surface area contributed by atoms with Gasteiger partial charge in [0, 0.05) is 0 Å². The van der Waals surface area contributed by atoms with Crippen molar-refractivity contribution in [2.45, 2.75) is 32.0 Å². The van der Waals surface area contributed by atoms with Gasteiger partial charge in [-0.2, -0.15) is 5.10 Å². The maximum Gasteiger partial charge on any atom is 0.150 e. The minimum Gasteiger partial charge on any atom is -0.367 e. The van der Waals surface area contributed by atoms with E-state index in [4.69, 9.17) is 4.74 Å². The summed E-state index contributed by atoms with van der Waals surface area (Å²) in [5.41, 5.74) is -0.00194. The lowest BCUT2D eigenvalue weighted by atomic mass is 9.95. The first kappa shape index (κ1) is 9.61. The molecule has 1 aliphatic heterocycles. The van der Waals surface area contributed by atoms with Gasteiger partial charge in [-0.3, -0.25) is 5.10 Å². The Labute approximate surface area is 83.3 Å². The van der Waals surface area contributed by atoms with Crippen LogP contribution in [0.3, 0.4) is 0 Å². The van der Waals surface area contributed by atoms with Gasteiger partial charge in [-0.1, -0.05) is 0 Å². The topological polar surface area (TPSA) is 62.8 Å². The van der Waals surface area contributed by atoms with Crippen molar-refractivity contribution in [2.75, 3.05) is 13.1 Å². The number of aromatic nitrogens is 3. The van der Waals surface area contributed by atoms with E-state index in [-0.39, 0.29) is 5.60 Å². The smallest absolute Gasteiger partial charge is 0.150 e. The molecule has 1 aliphatic rings. The van der Waals surface area contributed by atoms with Gasteiger partial charge in [0.25, 0.3) is 0 Å². The van der Waals surface area contributed by atoms with Crippen LogP contribution in [0.25, 0.3) is 0 Å². The zero-order chi connectivity index (χ0) is 9.86. The lowest BCUT2D eigenvalue weighted by Gasteiger charge is -2.33. The fraction of sp³-hybridized carbons (Fsp3) is 0.778. The Bertz CT molecular complexity index is 266. The number of hydrogen-bond donors (Lipinski definition) is 2. The molecule has 0 radical (unpaired) electrons. The molecule has 2 N–H and O–H groups in total. The van der Waals surface area contributed by atoms with E-state index in [1.807, 2.05) is 0 Å². The van der Waals surface area contributed by atoms with E-state index < -0.39 is 0 Å². The van der Waals surface area contributed by atoms with Crippen LogP contribution in [0.4, 0.5) is 0 Å². The highest BCUT2D eigenvalue weighted by Crippen LogP contribution is 2.22. The quantitative estimate of drug-likeness (QED) is 0.737. The molecular weight excluding hydrogens is 180 g/mol. The summed E-state index contributed by atoms with van der Waals surface area (Å²) in [5.74, 6) is 0.796. The standard InChI is InChI=1S/C9H16N4O/c1-9(2-4-10-5-3-9)14-6-8-11-7-12-13-8/h7,10H,2-6H2,1H3,(H,11,12,13). The zero-order valence-corrected chi connectivity index (χ0v) is 8.42. The molecule has 1 saturated heterocycles. The molecule has 78 valence electrons. The first-order chi connectivity index (χ1) is 6.79. The molecule has 5 heteroatoms. The molecule has 0 saturated carbocycles. The minimum absolute atomic E-state index is 0.00194. The molecule has 0 unspecified atom stereocenters. The molecule has 0 amide bonds. The number of nitrogens with zero attached hydrogens (tertiary/aromatic N) is 2. The molecule has 0 aliphatic carbocycles. The van der Waals surface area contributed by atoms with Gasteiger partial charge in [0.2, 0.25) is 0 Å². The minimum atomic E-state index is -0.00194. The van der Waals surface area contributed by atoms with Gasteiger partial charge in [-0.05, 0) is 32.9 Å². The summed E-state index contributed by atoms with van der Waals surface area (Å²) >= 11 is 0. The van der Waals surface area contributed by atoms with Crippen molar-refractivity contribution in [1.82, 2.24) is 20.5 Å². The SMILES string of the molecule is CC1(OCc2ncn[nH]2)CCNCC1. The molecule has 14 heavy (non-hydrogen) atoms. The van der Waals surface area contributed by atoms with Crippen molar-refractivity contribution in [2.24, 2.45) is 0 Å². The van der Waals surface area contributed by atoms with Gasteiger partial charge in [0.1, 0.15) is 18.8 Å². The van der Waals surface area contributed by atoms with Crippen LogP contribution in [0.2, 0.25) is 0 Å². The zero-order valence-electron chi connectivity index (χ0n) is 8.42. The molecule has 0 spiro atoms. The number of aromatic amines is 1. The Morgan fingerprint density at radius 2 is 2.29 bits per heavy atom. The summed E-state index contributed by atoms with van der Waals surface area (Å²) in [6.07, 6.45) is 3.62. The second-order valence-corrected chi connectivity index (χ2v) is 3.92. The van der Waals surface area contributed by atoms with E-state index in [0.29, 0.717) is 6.61 Å². The van der Waals surface area contributed by atoms with Gasteiger partial charge >= 0.3 is 0 Å². The van der Waals surface area contributed by atoms with Crippen LogP contribution in [0.15, 0.2) is 6.33 Å². The largest absolute Gasteiger partial charge is 0.367 e. The van der Waals surface area contributed by atoms with Gasteiger partial charge in [-0.25, -0.2) is 4.98 Å². The predicted octanol–water partition coefficient (Wildman–Crippen LogP) is 0.463. The van der Waals surface area contributed by atoms with Crippen LogP contribution in [-0.4, -0.2) is 33.9 Å². The van der Waals surface area contributed by atoms with E-state index in [9.17, 15) is 0 Å². The average molecular weight is 196 g/mol. The van der Waals surface area contributed by atoms with Crippen LogP contribution < -0.4 is 5.32 Å².